The van der Waals surface area contributed by atoms with Crippen molar-refractivity contribution in [1.29, 1.82) is 0 Å². The highest BCUT2D eigenvalue weighted by molar-refractivity contribution is 6.04. The maximum atomic E-state index is 13.2. The Bertz CT molecular complexity index is 1140. The largest absolute Gasteiger partial charge is 0.356 e. The van der Waals surface area contributed by atoms with E-state index in [9.17, 15) is 9.59 Å². The second kappa shape index (κ2) is 8.65. The Labute approximate surface area is 195 Å². The number of nitrogens with zero attached hydrogens (tertiary/aromatic N) is 3. The summed E-state index contributed by atoms with van der Waals surface area (Å²) in [7, 11) is 1.90. The lowest BCUT2D eigenvalue weighted by Gasteiger charge is -2.32. The van der Waals surface area contributed by atoms with Crippen molar-refractivity contribution >= 4 is 17.2 Å². The van der Waals surface area contributed by atoms with Crippen LogP contribution in [0, 0.1) is 19.3 Å². The van der Waals surface area contributed by atoms with Crippen LogP contribution >= 0.6 is 0 Å². The van der Waals surface area contributed by atoms with Gasteiger partial charge in [0, 0.05) is 12.6 Å². The van der Waals surface area contributed by atoms with Gasteiger partial charge in [-0.1, -0.05) is 43.3 Å². The molecule has 0 saturated heterocycles. The van der Waals surface area contributed by atoms with Gasteiger partial charge in [0.2, 0.25) is 0 Å². The molecule has 7 nitrogen and oxygen atoms in total. The molecule has 0 unspecified atom stereocenters. The van der Waals surface area contributed by atoms with Gasteiger partial charge in [0.1, 0.15) is 5.69 Å². The molecule has 0 atom stereocenters. The van der Waals surface area contributed by atoms with Crippen molar-refractivity contribution in [2.45, 2.75) is 96.9 Å². The van der Waals surface area contributed by atoms with E-state index in [-0.39, 0.29) is 23.2 Å². The van der Waals surface area contributed by atoms with Gasteiger partial charge >= 0.3 is 0 Å². The number of rotatable bonds is 4. The van der Waals surface area contributed by atoms with Gasteiger partial charge in [-0.25, -0.2) is 4.68 Å². The number of aromatic nitrogens is 3. The highest BCUT2D eigenvalue weighted by Crippen LogP contribution is 2.49. The average Bonchev–Trinajstić information content (AvgIpc) is 3.49. The summed E-state index contributed by atoms with van der Waals surface area (Å²) in [6.45, 7) is 3.77. The van der Waals surface area contributed by atoms with Crippen LogP contribution < -0.4 is 10.9 Å². The first kappa shape index (κ1) is 22.2. The normalized spacial score (nSPS) is 20.9. The van der Waals surface area contributed by atoms with Crippen LogP contribution in [0.1, 0.15) is 111 Å². The third kappa shape index (κ3) is 3.89. The number of nitrogens with one attached hydrogen (secondary N) is 1. The number of amides is 1. The first-order chi connectivity index (χ1) is 15.9. The van der Waals surface area contributed by atoms with E-state index in [1.54, 1.807) is 0 Å². The smallest absolute Gasteiger partial charge is 0.291 e. The predicted octanol–water partition coefficient (Wildman–Crippen LogP) is 5.68. The number of hydrogen-bond donors (Lipinski definition) is 1. The third-order valence-corrected chi connectivity index (χ3v) is 8.55. The summed E-state index contributed by atoms with van der Waals surface area (Å²) >= 11 is 0. The molecule has 5 rings (SSSR count). The van der Waals surface area contributed by atoms with Crippen LogP contribution in [0.5, 0.6) is 0 Å². The minimum Gasteiger partial charge on any atom is -0.356 e. The van der Waals surface area contributed by atoms with Crippen LogP contribution in [0.25, 0.3) is 5.57 Å². The van der Waals surface area contributed by atoms with Crippen molar-refractivity contribution in [2.75, 3.05) is 5.32 Å². The molecule has 1 spiro atoms. The van der Waals surface area contributed by atoms with Gasteiger partial charge in [-0.3, -0.25) is 14.3 Å². The van der Waals surface area contributed by atoms with Crippen LogP contribution in [0.15, 0.2) is 15.4 Å². The van der Waals surface area contributed by atoms with Crippen molar-refractivity contribution in [3.8, 4) is 0 Å². The minimum absolute atomic E-state index is 0.131. The molecular weight excluding hydrogens is 416 g/mol. The number of carbonyl (C=O) groups is 1. The van der Waals surface area contributed by atoms with E-state index < -0.39 is 0 Å². The van der Waals surface area contributed by atoms with Crippen LogP contribution in [-0.2, 0) is 7.05 Å². The van der Waals surface area contributed by atoms with Gasteiger partial charge in [-0.05, 0) is 69.8 Å². The number of allylic oxidation sites excluding steroid dienone is 2. The Balaban J connectivity index is 1.36. The van der Waals surface area contributed by atoms with Crippen LogP contribution in [0.2, 0.25) is 0 Å². The van der Waals surface area contributed by atoms with Crippen molar-refractivity contribution in [2.24, 2.45) is 12.5 Å². The summed E-state index contributed by atoms with van der Waals surface area (Å²) in [6, 6.07) is 0.197. The molecule has 0 bridgehead atoms. The second-order valence-electron chi connectivity index (χ2n) is 10.5. The SMILES string of the molecule is Cc1c(C(=O)Nc2c(C)n(C)n(C3CCCCC3)c2=O)noc1C1=CCC2(CCCC2)CC1. The van der Waals surface area contributed by atoms with Crippen molar-refractivity contribution in [3.05, 3.63) is 39.1 Å². The van der Waals surface area contributed by atoms with Gasteiger partial charge in [0.25, 0.3) is 11.5 Å². The first-order valence-corrected chi connectivity index (χ1v) is 12.7. The molecule has 178 valence electrons. The number of anilines is 1. The summed E-state index contributed by atoms with van der Waals surface area (Å²) in [5.74, 6) is 0.338. The fourth-order valence-corrected chi connectivity index (χ4v) is 6.36. The highest BCUT2D eigenvalue weighted by Gasteiger charge is 2.36. The lowest BCUT2D eigenvalue weighted by molar-refractivity contribution is 0.101. The Morgan fingerprint density at radius 1 is 1.12 bits per heavy atom. The van der Waals surface area contributed by atoms with Gasteiger partial charge in [-0.15, -0.1) is 0 Å². The van der Waals surface area contributed by atoms with Crippen LogP contribution in [0.4, 0.5) is 5.69 Å². The molecule has 1 N–H and O–H groups in total. The van der Waals surface area contributed by atoms with E-state index >= 15 is 0 Å². The summed E-state index contributed by atoms with van der Waals surface area (Å²) in [5.41, 5.74) is 3.64. The molecule has 0 aliphatic heterocycles. The fourth-order valence-electron chi connectivity index (χ4n) is 6.36. The zero-order valence-electron chi connectivity index (χ0n) is 20.2. The predicted molar refractivity (Wildman–Crippen MR) is 128 cm³/mol. The number of carbonyl (C=O) groups excluding carboxylic acids is 1. The summed E-state index contributed by atoms with van der Waals surface area (Å²) in [5, 5.41) is 6.97. The monoisotopic (exact) mass is 452 g/mol. The number of hydrogen-bond acceptors (Lipinski definition) is 4. The van der Waals surface area contributed by atoms with Gasteiger partial charge in [0.15, 0.2) is 11.5 Å². The highest BCUT2D eigenvalue weighted by atomic mass is 16.5. The lowest BCUT2D eigenvalue weighted by atomic mass is 9.73. The van der Waals surface area contributed by atoms with E-state index in [0.29, 0.717) is 11.1 Å². The lowest BCUT2D eigenvalue weighted by Crippen LogP contribution is -2.29. The standard InChI is InChI=1S/C26H36N4O3/c1-17-21(28-33-23(17)19-11-15-26(16-12-19)13-7-8-14-26)24(31)27-22-18(2)29(3)30(25(22)32)20-9-5-4-6-10-20/h11,20H,4-10,12-16H2,1-3H3,(H,27,31). The molecule has 2 aromatic heterocycles. The molecule has 1 amide bonds. The molecule has 0 radical (unpaired) electrons. The van der Waals surface area contributed by atoms with Gasteiger partial charge < -0.3 is 9.84 Å². The quantitative estimate of drug-likeness (QED) is 0.647. The molecule has 7 heteroatoms. The summed E-state index contributed by atoms with van der Waals surface area (Å²) < 4.78 is 9.37. The fraction of sp³-hybridized carbons (Fsp3) is 0.654. The second-order valence-corrected chi connectivity index (χ2v) is 10.5. The molecule has 3 aliphatic carbocycles. The molecule has 0 aromatic carbocycles. The van der Waals surface area contributed by atoms with E-state index in [2.05, 4.69) is 16.5 Å². The molecule has 33 heavy (non-hydrogen) atoms. The van der Waals surface area contributed by atoms with Crippen molar-refractivity contribution in [1.82, 2.24) is 14.5 Å². The summed E-state index contributed by atoms with van der Waals surface area (Å²) in [4.78, 5) is 26.3. The van der Waals surface area contributed by atoms with Crippen LogP contribution in [0.3, 0.4) is 0 Å². The van der Waals surface area contributed by atoms with Gasteiger partial charge in [-0.2, -0.15) is 0 Å². The van der Waals surface area contributed by atoms with E-state index in [4.69, 9.17) is 4.52 Å². The topological polar surface area (TPSA) is 82.1 Å². The molecule has 2 fully saturated rings. The van der Waals surface area contributed by atoms with Crippen molar-refractivity contribution in [3.63, 3.8) is 0 Å². The molecule has 2 saturated carbocycles. The Morgan fingerprint density at radius 3 is 2.52 bits per heavy atom. The van der Waals surface area contributed by atoms with E-state index in [0.717, 1.165) is 61.1 Å². The Kier molecular flexibility index (Phi) is 5.83. The Morgan fingerprint density at radius 2 is 1.85 bits per heavy atom. The minimum atomic E-state index is -0.382. The van der Waals surface area contributed by atoms with Gasteiger partial charge in [0.05, 0.1) is 11.7 Å². The maximum absolute atomic E-state index is 13.2. The molecule has 2 heterocycles. The van der Waals surface area contributed by atoms with Crippen molar-refractivity contribution < 1.29 is 9.32 Å². The third-order valence-electron chi connectivity index (χ3n) is 8.55. The average molecular weight is 453 g/mol. The van der Waals surface area contributed by atoms with Crippen LogP contribution in [-0.4, -0.2) is 20.4 Å². The molecule has 2 aromatic rings. The van der Waals surface area contributed by atoms with E-state index in [1.165, 1.54) is 38.5 Å². The van der Waals surface area contributed by atoms with E-state index in [1.807, 2.05) is 30.3 Å². The zero-order valence-corrected chi connectivity index (χ0v) is 20.2. The Hall–Kier alpha value is -2.57. The molecular formula is C26H36N4O3. The first-order valence-electron chi connectivity index (χ1n) is 12.7. The zero-order chi connectivity index (χ0) is 23.2. The summed E-state index contributed by atoms with van der Waals surface area (Å²) in [6.07, 6.45) is 16.4. The maximum Gasteiger partial charge on any atom is 0.291 e. The molecule has 3 aliphatic rings.